The minimum absolute atomic E-state index is 0.147. The number of benzene rings is 1. The minimum atomic E-state index is -2.80. The Hall–Kier alpha value is 4.87. The molecule has 0 aromatic heterocycles. The van der Waals surface area contributed by atoms with Crippen LogP contribution in [-0.2, 0) is 148 Å². The summed E-state index contributed by atoms with van der Waals surface area (Å²) in [7, 11) is 0. The molecule has 7 rings (SSSR count). The first-order chi connectivity index (χ1) is 33.1. The van der Waals surface area contributed by atoms with Gasteiger partial charge in [0.15, 0.2) is 0 Å². The van der Waals surface area contributed by atoms with E-state index in [4.69, 9.17) is 126 Å². The zero-order valence-electron chi connectivity index (χ0n) is 43.2. The Bertz CT molecular complexity index is 2210. The van der Waals surface area contributed by atoms with Crippen molar-refractivity contribution < 1.29 is 54.3 Å². The van der Waals surface area contributed by atoms with Gasteiger partial charge in [0.2, 0.25) is 28.5 Å². The molecule has 0 bridgehead atoms. The van der Waals surface area contributed by atoms with E-state index in [1.807, 2.05) is 0 Å². The normalized spacial score (nSPS) is 28.2. The molecule has 0 unspecified atom stereocenters. The van der Waals surface area contributed by atoms with Crippen LogP contribution in [0.3, 0.4) is 0 Å². The number of hydrogen-bond donors (Lipinski definition) is 1. The average Bonchev–Trinajstić information content (AvgIpc) is 3.30. The maximum atomic E-state index is 6.56. The summed E-state index contributed by atoms with van der Waals surface area (Å²) in [6.07, 6.45) is -2.70. The van der Waals surface area contributed by atoms with Gasteiger partial charge in [-0.3, -0.25) is 0 Å². The molecule has 0 aliphatic carbocycles. The summed E-state index contributed by atoms with van der Waals surface area (Å²) in [6.45, 7) is 31.7. The standard InChI is InChI=1S/C42H73O12P6S12/c1-37(2)19-43-55(61,44-20-37)67-13-31-32(14-68-56(62)45-21-38(3,4)22-46-56)34(16-70-58(64)49-25-40(7,8)26-50-58)36(18-72-60(66)53-29-42(11,12)30-54-60)35(17-71-59(65)51-27-41(9,10)28-52-59)33(31)15-69-57(63)47-23-39(5,6)24-48-57/h61H,13-30H2,1-12H3/q+1. The van der Waals surface area contributed by atoms with E-state index in [1.54, 1.807) is 68.3 Å². The molecule has 0 spiro atoms. The third-order valence-corrected chi connectivity index (χ3v) is 43.0. The molecule has 0 amide bonds. The van der Waals surface area contributed by atoms with Crippen LogP contribution < -0.4 is 0 Å². The third kappa shape index (κ3) is 18.4. The van der Waals surface area contributed by atoms with Gasteiger partial charge >= 0.3 is 6.12 Å². The van der Waals surface area contributed by atoms with Crippen LogP contribution in [0, 0.1) is 32.5 Å². The molecule has 1 aromatic rings. The molecule has 0 atom stereocenters. The van der Waals surface area contributed by atoms with E-state index in [-0.39, 0.29) is 32.5 Å². The van der Waals surface area contributed by atoms with Gasteiger partial charge in [-0.05, 0) is 92.4 Å². The molecule has 6 heterocycles. The average molecular weight is 1340 g/mol. The molecule has 6 fully saturated rings. The van der Waals surface area contributed by atoms with Gasteiger partial charge < -0.3 is 45.2 Å². The van der Waals surface area contributed by atoms with Crippen LogP contribution in [0.15, 0.2) is 0 Å². The van der Waals surface area contributed by atoms with Crippen molar-refractivity contribution in [3.63, 3.8) is 0 Å². The van der Waals surface area contributed by atoms with Gasteiger partial charge in [-0.25, -0.2) is 0 Å². The quantitative estimate of drug-likeness (QED) is 0.111. The third-order valence-electron chi connectivity index (χ3n) is 11.8. The molecule has 6 aliphatic heterocycles. The number of thiol groups is 1. The Morgan fingerprint density at radius 1 is 0.333 bits per heavy atom. The summed E-state index contributed by atoms with van der Waals surface area (Å²) in [5, 5.41) is 0. The van der Waals surface area contributed by atoms with E-state index in [2.05, 4.69) is 83.1 Å². The maximum absolute atomic E-state index is 6.56. The summed E-state index contributed by atoms with van der Waals surface area (Å²) >= 11 is 46.2. The minimum Gasteiger partial charge on any atom is -0.321 e. The molecule has 0 radical (unpaired) electrons. The SMILES string of the molecule is CC1(C)COP(=S)(SCc2c(CSP3(=S)OCC(C)(C)CO3)c(CSP3(=S)OCC(C)(C)CO3)c(CS[P+]3(S)OCC(C)(C)CO3)c(CSP3(=S)OCC(C)(C)CO3)c2CSP2(=S)OCC(C)(C)CO2)OC1. The smallest absolute Gasteiger partial charge is 0.321 e. The van der Waals surface area contributed by atoms with Crippen LogP contribution >= 0.6 is 115 Å². The lowest BCUT2D eigenvalue weighted by molar-refractivity contribution is 0.0658. The lowest BCUT2D eigenvalue weighted by atomic mass is 9.90. The molecule has 6 saturated heterocycles. The predicted molar refractivity (Wildman–Crippen MR) is 336 cm³/mol. The van der Waals surface area contributed by atoms with Crippen LogP contribution in [0.1, 0.15) is 116 Å². The predicted octanol–water partition coefficient (Wildman–Crippen LogP) is 17.3. The maximum Gasteiger partial charge on any atom is 0.392 e. The lowest BCUT2D eigenvalue weighted by Gasteiger charge is -2.38. The van der Waals surface area contributed by atoms with Crippen molar-refractivity contribution in [1.82, 2.24) is 0 Å². The highest BCUT2D eigenvalue weighted by Gasteiger charge is 2.49. The fraction of sp³-hybridized carbons (Fsp3) is 0.857. The summed E-state index contributed by atoms with van der Waals surface area (Å²) in [6, 6.07) is 0. The van der Waals surface area contributed by atoms with Crippen molar-refractivity contribution in [3.05, 3.63) is 33.4 Å². The second-order valence-corrected chi connectivity index (χ2v) is 61.6. The summed E-state index contributed by atoms with van der Waals surface area (Å²) < 4.78 is 78.3. The summed E-state index contributed by atoms with van der Waals surface area (Å²) in [5.41, 5.74) is -8.49. The van der Waals surface area contributed by atoms with Crippen molar-refractivity contribution in [2.75, 3.05) is 79.3 Å². The van der Waals surface area contributed by atoms with Gasteiger partial charge in [0.25, 0.3) is 0 Å². The Kier molecular flexibility index (Phi) is 22.2. The highest BCUT2D eigenvalue weighted by atomic mass is 33.1. The molecule has 12 nitrogen and oxygen atoms in total. The fourth-order valence-corrected chi connectivity index (χ4v) is 32.8. The number of rotatable bonds is 18. The zero-order chi connectivity index (χ0) is 52.9. The molecule has 414 valence electrons. The summed E-state index contributed by atoms with van der Waals surface area (Å²) in [4.78, 5) is 0. The largest absolute Gasteiger partial charge is 0.392 e. The van der Waals surface area contributed by atoms with Crippen LogP contribution in [-0.4, -0.2) is 79.3 Å². The Labute approximate surface area is 486 Å². The van der Waals surface area contributed by atoms with E-state index in [1.165, 1.54) is 0 Å². The molecule has 0 saturated carbocycles. The molecule has 1 aromatic carbocycles. The molecule has 6 aliphatic rings. The van der Waals surface area contributed by atoms with Gasteiger partial charge in [-0.2, -0.15) is 9.05 Å². The second kappa shape index (κ2) is 24.8. The van der Waals surface area contributed by atoms with Gasteiger partial charge in [0.1, 0.15) is 13.2 Å². The Morgan fingerprint density at radius 2 is 0.500 bits per heavy atom. The Morgan fingerprint density at radius 3 is 0.694 bits per heavy atom. The molecular weight excluding hydrogens is 1270 g/mol. The first kappa shape index (κ1) is 64.4. The zero-order valence-corrected chi connectivity index (χ0v) is 58.5. The monoisotopic (exact) mass is 1340 g/mol. The molecular formula is C42H73O12P6S12+. The lowest BCUT2D eigenvalue weighted by Crippen LogP contribution is -2.29. The van der Waals surface area contributed by atoms with E-state index < -0.39 is 34.6 Å². The Balaban J connectivity index is 1.43. The van der Waals surface area contributed by atoms with Gasteiger partial charge in [0.05, 0.1) is 95.5 Å². The number of hydrogen-bond acceptors (Lipinski definition) is 24. The molecule has 0 N–H and O–H groups in total. The van der Waals surface area contributed by atoms with Crippen LogP contribution in [0.25, 0.3) is 0 Å². The second-order valence-electron chi connectivity index (χ2n) is 23.5. The van der Waals surface area contributed by atoms with Crippen LogP contribution in [0.5, 0.6) is 0 Å². The van der Waals surface area contributed by atoms with Crippen molar-refractivity contribution in [3.8, 4) is 0 Å². The fourth-order valence-electron chi connectivity index (χ4n) is 6.97. The van der Waals surface area contributed by atoms with Gasteiger partial charge in [0, 0.05) is 61.3 Å². The highest BCUT2D eigenvalue weighted by Crippen LogP contribution is 2.79. The van der Waals surface area contributed by atoms with Crippen molar-refractivity contribution >= 4 is 174 Å². The van der Waals surface area contributed by atoms with Gasteiger partial charge in [-0.1, -0.05) is 140 Å². The van der Waals surface area contributed by atoms with Gasteiger partial charge in [-0.15, -0.1) is 0 Å². The highest BCUT2D eigenvalue weighted by molar-refractivity contribution is 8.87. The van der Waals surface area contributed by atoms with E-state index in [0.717, 1.165) is 33.4 Å². The van der Waals surface area contributed by atoms with Crippen LogP contribution in [0.4, 0.5) is 0 Å². The van der Waals surface area contributed by atoms with Crippen molar-refractivity contribution in [1.29, 1.82) is 0 Å². The molecule has 30 heteroatoms. The van der Waals surface area contributed by atoms with Crippen molar-refractivity contribution in [2.45, 2.75) is 118 Å². The first-order valence-corrected chi connectivity index (χ1v) is 49.0. The molecule has 72 heavy (non-hydrogen) atoms. The topological polar surface area (TPSA) is 111 Å². The first-order valence-electron chi connectivity index (χ1n) is 23.5. The van der Waals surface area contributed by atoms with E-state index in [0.29, 0.717) is 114 Å². The van der Waals surface area contributed by atoms with E-state index in [9.17, 15) is 0 Å². The van der Waals surface area contributed by atoms with Crippen LogP contribution in [0.2, 0.25) is 0 Å². The summed E-state index contributed by atoms with van der Waals surface area (Å²) in [5.74, 6) is 2.85. The van der Waals surface area contributed by atoms with E-state index >= 15 is 0 Å². The van der Waals surface area contributed by atoms with Crippen molar-refractivity contribution in [2.24, 2.45) is 32.5 Å².